The maximum atomic E-state index is 13.5. The molecule has 1 saturated heterocycles. The maximum Gasteiger partial charge on any atom is 0.154 e. The van der Waals surface area contributed by atoms with Crippen LogP contribution >= 0.6 is 0 Å². The lowest BCUT2D eigenvalue weighted by Gasteiger charge is -2.45. The highest BCUT2D eigenvalue weighted by Gasteiger charge is 2.37. The van der Waals surface area contributed by atoms with Crippen LogP contribution in [0.4, 0.5) is 4.39 Å². The van der Waals surface area contributed by atoms with Gasteiger partial charge < -0.3 is 10.2 Å². The number of ether oxygens (including phenoxy) is 1. The summed E-state index contributed by atoms with van der Waals surface area (Å²) in [4.78, 5) is 2.49. The summed E-state index contributed by atoms with van der Waals surface area (Å²) >= 11 is 0. The Morgan fingerprint density at radius 3 is 2.76 bits per heavy atom. The quantitative estimate of drug-likeness (QED) is 0.260. The summed E-state index contributed by atoms with van der Waals surface area (Å²) in [6.07, 6.45) is 5.60. The van der Waals surface area contributed by atoms with Crippen molar-refractivity contribution >= 4 is 33.1 Å². The van der Waals surface area contributed by atoms with Crippen LogP contribution in [0.5, 0.6) is 0 Å². The van der Waals surface area contributed by atoms with Crippen molar-refractivity contribution in [1.82, 2.24) is 24.4 Å². The van der Waals surface area contributed by atoms with Crippen LogP contribution in [0.25, 0.3) is 16.6 Å². The van der Waals surface area contributed by atoms with Crippen molar-refractivity contribution in [2.75, 3.05) is 40.3 Å². The van der Waals surface area contributed by atoms with E-state index in [1.54, 1.807) is 26.3 Å². The van der Waals surface area contributed by atoms with Crippen molar-refractivity contribution in [3.8, 4) is 5.69 Å². The zero-order valence-corrected chi connectivity index (χ0v) is 22.7. The van der Waals surface area contributed by atoms with Gasteiger partial charge in [0, 0.05) is 51.8 Å². The summed E-state index contributed by atoms with van der Waals surface area (Å²) in [5.41, 5.74) is 6.64. The Morgan fingerprint density at radius 2 is 2.05 bits per heavy atom. The molecule has 0 amide bonds. The number of piperazine rings is 1. The fourth-order valence-electron chi connectivity index (χ4n) is 5.46. The van der Waals surface area contributed by atoms with Gasteiger partial charge >= 0.3 is 0 Å². The van der Waals surface area contributed by atoms with Crippen LogP contribution in [-0.2, 0) is 15.7 Å². The second-order valence-corrected chi connectivity index (χ2v) is 11.4. The molecule has 202 valence electrons. The predicted octanol–water partition coefficient (Wildman–Crippen LogP) is 3.40. The molecular weight excluding hydrogens is 505 g/mol. The molecule has 2 heterocycles. The predicted molar refractivity (Wildman–Crippen MR) is 149 cm³/mol. The van der Waals surface area contributed by atoms with Crippen LogP contribution < -0.4 is 5.43 Å². The molecule has 2 aliphatic rings. The molecule has 0 radical (unpaired) electrons. The van der Waals surface area contributed by atoms with E-state index in [0.717, 1.165) is 53.6 Å². The van der Waals surface area contributed by atoms with E-state index in [2.05, 4.69) is 39.6 Å². The maximum absolute atomic E-state index is 13.5. The Bertz CT molecular complexity index is 1350. The molecule has 11 heteroatoms. The first-order valence-electron chi connectivity index (χ1n) is 12.8. The van der Waals surface area contributed by atoms with Crippen molar-refractivity contribution in [3.05, 3.63) is 59.5 Å². The van der Waals surface area contributed by atoms with E-state index in [-0.39, 0.29) is 16.9 Å². The molecule has 1 aliphatic carbocycles. The first-order valence-corrected chi connectivity index (χ1v) is 13.9. The number of fused-ring (bicyclic) bond motifs is 1. The Kier molecular flexibility index (Phi) is 7.98. The number of aryl methyl sites for hydroxylation is 1. The molecule has 38 heavy (non-hydrogen) atoms. The average molecular weight is 540 g/mol. The van der Waals surface area contributed by atoms with Crippen molar-refractivity contribution in [2.45, 2.75) is 31.9 Å². The Morgan fingerprint density at radius 1 is 1.29 bits per heavy atom. The number of hydrazone groups is 1. The highest BCUT2D eigenvalue weighted by atomic mass is 32.2. The van der Waals surface area contributed by atoms with E-state index >= 15 is 0 Å². The second kappa shape index (κ2) is 11.4. The van der Waals surface area contributed by atoms with E-state index in [0.29, 0.717) is 25.1 Å². The third-order valence-electron chi connectivity index (χ3n) is 7.59. The minimum Gasteiger partial charge on any atom is -0.381 e. The summed E-state index contributed by atoms with van der Waals surface area (Å²) < 4.78 is 35.8. The number of hydrogen-bond acceptors (Lipinski definition) is 7. The van der Waals surface area contributed by atoms with Crippen LogP contribution in [0.2, 0.25) is 0 Å². The minimum atomic E-state index is -1.59. The fourth-order valence-corrected chi connectivity index (χ4v) is 6.40. The number of aromatic nitrogens is 2. The minimum absolute atomic E-state index is 0.0157. The Balaban J connectivity index is 1.45. The SMILES string of the molecule is CN/N=C\C(=N)S(=O)N1CCN(CC2CC(OC)C2)C(c2cc3cnn(-c4ccc(F)cc4)c3cc2C)C1. The van der Waals surface area contributed by atoms with Crippen LogP contribution in [-0.4, -0.2) is 80.9 Å². The molecule has 2 N–H and O–H groups in total. The molecular formula is C27H34FN7O2S. The molecule has 1 aromatic heterocycles. The number of hydrogen-bond donors (Lipinski definition) is 2. The van der Waals surface area contributed by atoms with Gasteiger partial charge in [-0.25, -0.2) is 17.6 Å². The lowest BCUT2D eigenvalue weighted by Crippen LogP contribution is -2.52. The van der Waals surface area contributed by atoms with Crippen molar-refractivity contribution in [3.63, 3.8) is 0 Å². The number of rotatable bonds is 8. The summed E-state index contributed by atoms with van der Waals surface area (Å²) in [5.74, 6) is 0.294. The zero-order chi connectivity index (χ0) is 26.8. The molecule has 2 atom stereocenters. The number of benzene rings is 2. The zero-order valence-electron chi connectivity index (χ0n) is 21.9. The summed E-state index contributed by atoms with van der Waals surface area (Å²) in [5, 5.41) is 17.6. The molecule has 1 aliphatic heterocycles. The van der Waals surface area contributed by atoms with Gasteiger partial charge in [-0.05, 0) is 73.2 Å². The van der Waals surface area contributed by atoms with E-state index in [9.17, 15) is 8.60 Å². The fraction of sp³-hybridized carbons (Fsp3) is 0.444. The first-order chi connectivity index (χ1) is 18.4. The number of nitrogens with one attached hydrogen (secondary N) is 2. The topological polar surface area (TPSA) is 98.8 Å². The van der Waals surface area contributed by atoms with E-state index in [1.807, 2.05) is 15.2 Å². The van der Waals surface area contributed by atoms with Crippen molar-refractivity contribution < 1.29 is 13.3 Å². The highest BCUT2D eigenvalue weighted by molar-refractivity contribution is 8.00. The molecule has 9 nitrogen and oxygen atoms in total. The number of nitrogens with zero attached hydrogens (tertiary/aromatic N) is 5. The normalized spacial score (nSPS) is 23.5. The van der Waals surface area contributed by atoms with Crippen LogP contribution in [0.15, 0.2) is 47.7 Å². The summed E-state index contributed by atoms with van der Waals surface area (Å²) in [6, 6.07) is 10.6. The average Bonchev–Trinajstić information content (AvgIpc) is 3.31. The molecule has 2 fully saturated rings. The van der Waals surface area contributed by atoms with Crippen molar-refractivity contribution in [1.29, 1.82) is 5.41 Å². The van der Waals surface area contributed by atoms with Crippen LogP contribution in [0.1, 0.15) is 30.0 Å². The Labute approximate surface area is 224 Å². The molecule has 1 saturated carbocycles. The first kappa shape index (κ1) is 26.6. The van der Waals surface area contributed by atoms with E-state index in [1.165, 1.54) is 18.3 Å². The van der Waals surface area contributed by atoms with Gasteiger partial charge in [-0.2, -0.15) is 10.2 Å². The van der Waals surface area contributed by atoms with Gasteiger partial charge in [-0.1, -0.05) is 0 Å². The van der Waals surface area contributed by atoms with Gasteiger partial charge in [0.05, 0.1) is 29.7 Å². The molecule has 2 unspecified atom stereocenters. The van der Waals surface area contributed by atoms with Gasteiger partial charge in [0.25, 0.3) is 0 Å². The van der Waals surface area contributed by atoms with E-state index < -0.39 is 11.0 Å². The standard InChI is InChI=1S/C27H34FN7O2S/c1-18-10-25-20(14-32-35(25)22-6-4-21(28)5-7-22)13-24(18)26-17-34(38(36)27(29)15-31-30-2)9-8-33(26)16-19-11-23(12-19)37-3/h4-7,10,13-15,19,23,26,29-30H,8-9,11-12,16-17H2,1-3H3/b29-27?,31-15-. The monoisotopic (exact) mass is 539 g/mol. The van der Waals surface area contributed by atoms with Gasteiger partial charge in [-0.3, -0.25) is 10.3 Å². The second-order valence-electron chi connectivity index (χ2n) is 9.99. The van der Waals surface area contributed by atoms with Crippen LogP contribution in [0, 0.1) is 24.1 Å². The molecule has 3 aromatic rings. The van der Waals surface area contributed by atoms with Crippen LogP contribution in [0.3, 0.4) is 0 Å². The smallest absolute Gasteiger partial charge is 0.154 e. The van der Waals surface area contributed by atoms with Gasteiger partial charge in [0.1, 0.15) is 16.8 Å². The molecule has 2 aromatic carbocycles. The number of halogens is 1. The molecule has 0 spiro atoms. The van der Waals surface area contributed by atoms with E-state index in [4.69, 9.17) is 10.1 Å². The summed E-state index contributed by atoms with van der Waals surface area (Å²) in [7, 11) is 1.83. The molecule has 5 rings (SSSR count). The van der Waals surface area contributed by atoms with Gasteiger partial charge in [0.15, 0.2) is 5.04 Å². The highest BCUT2D eigenvalue weighted by Crippen LogP contribution is 2.36. The van der Waals surface area contributed by atoms with Gasteiger partial charge in [0.2, 0.25) is 0 Å². The third-order valence-corrected chi connectivity index (χ3v) is 8.87. The largest absolute Gasteiger partial charge is 0.381 e. The lowest BCUT2D eigenvalue weighted by molar-refractivity contribution is -0.0214. The molecule has 0 bridgehead atoms. The lowest BCUT2D eigenvalue weighted by atomic mass is 9.81. The van der Waals surface area contributed by atoms with Crippen molar-refractivity contribution in [2.24, 2.45) is 11.0 Å². The van der Waals surface area contributed by atoms with Gasteiger partial charge in [-0.15, -0.1) is 0 Å². The number of methoxy groups -OCH3 is 1. The summed E-state index contributed by atoms with van der Waals surface area (Å²) in [6.45, 7) is 4.96. The third kappa shape index (κ3) is 5.42. The Hall–Kier alpha value is -2.99.